The number of benzene rings is 2. The molecule has 44 heavy (non-hydrogen) atoms. The van der Waals surface area contributed by atoms with E-state index in [1.165, 1.54) is 61.2 Å². The maximum atomic E-state index is 12.7. The van der Waals surface area contributed by atoms with Gasteiger partial charge in [-0.3, -0.25) is 29.0 Å². The molecule has 2 fully saturated rings. The van der Waals surface area contributed by atoms with Crippen LogP contribution in [0.4, 0.5) is 0 Å². The van der Waals surface area contributed by atoms with Crippen LogP contribution in [0.5, 0.6) is 0 Å². The number of fused-ring (bicyclic) bond motifs is 2. The summed E-state index contributed by atoms with van der Waals surface area (Å²) >= 11 is 0. The van der Waals surface area contributed by atoms with E-state index in [0.717, 1.165) is 63.9 Å². The summed E-state index contributed by atoms with van der Waals surface area (Å²) in [6, 6.07) is 14.3. The van der Waals surface area contributed by atoms with Crippen LogP contribution in [0, 0.1) is 11.8 Å². The highest BCUT2D eigenvalue weighted by atomic mass is 16.2. The van der Waals surface area contributed by atoms with Crippen LogP contribution in [0.2, 0.25) is 0 Å². The molecule has 0 spiro atoms. The third kappa shape index (κ3) is 7.46. The van der Waals surface area contributed by atoms with Crippen molar-refractivity contribution in [2.75, 3.05) is 52.4 Å². The van der Waals surface area contributed by atoms with Crippen molar-refractivity contribution in [1.29, 1.82) is 0 Å². The third-order valence-electron chi connectivity index (χ3n) is 9.59. The largest absolute Gasteiger partial charge is 0.303 e. The molecule has 0 saturated heterocycles. The van der Waals surface area contributed by atoms with Crippen LogP contribution in [0.3, 0.4) is 0 Å². The van der Waals surface area contributed by atoms with Gasteiger partial charge in [-0.15, -0.1) is 0 Å². The normalized spacial score (nSPS) is 17.9. The molecule has 2 aliphatic heterocycles. The van der Waals surface area contributed by atoms with Gasteiger partial charge < -0.3 is 9.80 Å². The van der Waals surface area contributed by atoms with Crippen LogP contribution in [0.1, 0.15) is 106 Å². The second kappa shape index (κ2) is 14.2. The van der Waals surface area contributed by atoms with Crippen molar-refractivity contribution < 1.29 is 19.2 Å². The summed E-state index contributed by atoms with van der Waals surface area (Å²) in [7, 11) is 0. The Hall–Kier alpha value is -3.36. The number of carbonyl (C=O) groups excluding carboxylic acids is 4. The first-order valence-corrected chi connectivity index (χ1v) is 16.8. The first-order chi connectivity index (χ1) is 21.5. The van der Waals surface area contributed by atoms with Gasteiger partial charge in [0.2, 0.25) is 0 Å². The topological polar surface area (TPSA) is 81.2 Å². The second-order valence-corrected chi connectivity index (χ2v) is 13.2. The van der Waals surface area contributed by atoms with Crippen molar-refractivity contribution in [3.8, 4) is 0 Å². The molecule has 0 radical (unpaired) electrons. The summed E-state index contributed by atoms with van der Waals surface area (Å²) in [4.78, 5) is 58.7. The van der Waals surface area contributed by atoms with Crippen molar-refractivity contribution in [2.45, 2.75) is 64.2 Å². The lowest BCUT2D eigenvalue weighted by Crippen LogP contribution is -2.35. The fourth-order valence-electron chi connectivity index (χ4n) is 6.73. The zero-order valence-corrected chi connectivity index (χ0v) is 25.9. The minimum atomic E-state index is -0.154. The predicted octanol–water partition coefficient (Wildman–Crippen LogP) is 5.34. The first kappa shape index (κ1) is 30.7. The van der Waals surface area contributed by atoms with Crippen LogP contribution in [0.15, 0.2) is 48.5 Å². The molecule has 0 atom stereocenters. The van der Waals surface area contributed by atoms with Crippen LogP contribution in [0.25, 0.3) is 0 Å². The van der Waals surface area contributed by atoms with E-state index in [9.17, 15) is 19.2 Å². The molecular weight excluding hydrogens is 552 g/mol. The maximum absolute atomic E-state index is 12.7. The third-order valence-corrected chi connectivity index (χ3v) is 9.59. The van der Waals surface area contributed by atoms with E-state index in [4.69, 9.17) is 0 Å². The average molecular weight is 599 g/mol. The molecule has 2 aromatic rings. The molecule has 8 heteroatoms. The molecule has 4 amide bonds. The van der Waals surface area contributed by atoms with Gasteiger partial charge >= 0.3 is 0 Å². The lowest BCUT2D eigenvalue weighted by Gasteiger charge is -2.24. The summed E-state index contributed by atoms with van der Waals surface area (Å²) in [6.07, 6.45) is 11.6. The van der Waals surface area contributed by atoms with Crippen molar-refractivity contribution in [3.05, 3.63) is 70.8 Å². The predicted molar refractivity (Wildman–Crippen MR) is 170 cm³/mol. The highest BCUT2D eigenvalue weighted by molar-refractivity contribution is 6.22. The standard InChI is InChI=1S/C36H46N4O4/c41-33-29-11-3-4-12-30(29)34(42)39(33)23-9-21-37(25-27-15-16-27)19-7-1-2-8-20-38(26-28-17-18-28)22-10-24-40-35(43)31-13-5-6-14-32(31)36(40)44/h3-6,11-14,27-28H,1-2,7-10,15-26H2. The fraction of sp³-hybridized carbons (Fsp3) is 0.556. The van der Waals surface area contributed by atoms with Gasteiger partial charge in [-0.2, -0.15) is 0 Å². The zero-order valence-electron chi connectivity index (χ0n) is 25.9. The summed E-state index contributed by atoms with van der Waals surface area (Å²) in [6.45, 7) is 7.22. The monoisotopic (exact) mass is 598 g/mol. The Bertz CT molecular complexity index is 1190. The molecule has 2 saturated carbocycles. The Morgan fingerprint density at radius 2 is 0.795 bits per heavy atom. The van der Waals surface area contributed by atoms with Crippen molar-refractivity contribution in [1.82, 2.24) is 19.6 Å². The highest BCUT2D eigenvalue weighted by Crippen LogP contribution is 2.31. The molecule has 0 N–H and O–H groups in total. The van der Waals surface area contributed by atoms with E-state index in [0.29, 0.717) is 35.3 Å². The van der Waals surface area contributed by atoms with Gasteiger partial charge in [0, 0.05) is 26.2 Å². The Morgan fingerprint density at radius 1 is 0.477 bits per heavy atom. The van der Waals surface area contributed by atoms with Crippen LogP contribution >= 0.6 is 0 Å². The van der Waals surface area contributed by atoms with Gasteiger partial charge in [-0.25, -0.2) is 0 Å². The van der Waals surface area contributed by atoms with E-state index < -0.39 is 0 Å². The number of hydrogen-bond acceptors (Lipinski definition) is 6. The van der Waals surface area contributed by atoms with Crippen LogP contribution < -0.4 is 0 Å². The minimum absolute atomic E-state index is 0.154. The maximum Gasteiger partial charge on any atom is 0.261 e. The number of hydrogen-bond donors (Lipinski definition) is 0. The molecule has 6 rings (SSSR count). The summed E-state index contributed by atoms with van der Waals surface area (Å²) in [5, 5.41) is 0. The number of nitrogens with zero attached hydrogens (tertiary/aromatic N) is 4. The molecule has 8 nitrogen and oxygen atoms in total. The molecule has 0 bridgehead atoms. The van der Waals surface area contributed by atoms with E-state index in [-0.39, 0.29) is 23.6 Å². The average Bonchev–Trinajstić information content (AvgIpc) is 3.98. The van der Waals surface area contributed by atoms with Crippen molar-refractivity contribution in [2.24, 2.45) is 11.8 Å². The highest BCUT2D eigenvalue weighted by Gasteiger charge is 2.36. The Kier molecular flexibility index (Phi) is 9.87. The SMILES string of the molecule is O=C1c2ccccc2C(=O)N1CCCN(CCCCCCN(CCCN1C(=O)c2ccccc2C1=O)CC1CC1)CC1CC1. The van der Waals surface area contributed by atoms with Gasteiger partial charge in [0.05, 0.1) is 22.3 Å². The van der Waals surface area contributed by atoms with Crippen molar-refractivity contribution >= 4 is 23.6 Å². The van der Waals surface area contributed by atoms with Crippen LogP contribution in [-0.2, 0) is 0 Å². The second-order valence-electron chi connectivity index (χ2n) is 13.2. The molecule has 0 aromatic heterocycles. The van der Waals surface area contributed by atoms with Gasteiger partial charge in [0.1, 0.15) is 0 Å². The van der Waals surface area contributed by atoms with E-state index in [2.05, 4.69) is 9.80 Å². The number of unbranched alkanes of at least 4 members (excludes halogenated alkanes) is 3. The van der Waals surface area contributed by atoms with E-state index in [1.807, 2.05) is 24.3 Å². The number of rotatable bonds is 19. The molecule has 2 aromatic carbocycles. The van der Waals surface area contributed by atoms with Gasteiger partial charge in [0.25, 0.3) is 23.6 Å². The van der Waals surface area contributed by atoms with E-state index in [1.54, 1.807) is 24.3 Å². The van der Waals surface area contributed by atoms with E-state index >= 15 is 0 Å². The Balaban J connectivity index is 0.878. The Labute approximate surface area is 261 Å². The van der Waals surface area contributed by atoms with Gasteiger partial charge in [-0.05, 0) is 114 Å². The van der Waals surface area contributed by atoms with Gasteiger partial charge in [-0.1, -0.05) is 37.1 Å². The Morgan fingerprint density at radius 3 is 1.11 bits per heavy atom. The fourth-order valence-corrected chi connectivity index (χ4v) is 6.73. The summed E-state index contributed by atoms with van der Waals surface area (Å²) in [5.41, 5.74) is 2.13. The molecule has 4 aliphatic rings. The molecule has 0 unspecified atom stereocenters. The number of carbonyl (C=O) groups is 4. The molecular formula is C36H46N4O4. The first-order valence-electron chi connectivity index (χ1n) is 16.8. The van der Waals surface area contributed by atoms with Crippen LogP contribution in [-0.4, -0.2) is 95.6 Å². The summed E-state index contributed by atoms with van der Waals surface area (Å²) < 4.78 is 0. The quantitative estimate of drug-likeness (QED) is 0.160. The zero-order chi connectivity index (χ0) is 30.5. The molecule has 234 valence electrons. The lowest BCUT2D eigenvalue weighted by atomic mass is 10.1. The summed E-state index contributed by atoms with van der Waals surface area (Å²) in [5.74, 6) is 1.01. The number of amides is 4. The van der Waals surface area contributed by atoms with Crippen molar-refractivity contribution in [3.63, 3.8) is 0 Å². The molecule has 2 heterocycles. The van der Waals surface area contributed by atoms with Gasteiger partial charge in [0.15, 0.2) is 0 Å². The smallest absolute Gasteiger partial charge is 0.261 e. The lowest BCUT2D eigenvalue weighted by molar-refractivity contribution is 0.0631. The minimum Gasteiger partial charge on any atom is -0.303 e. The number of imide groups is 2. The molecule has 2 aliphatic carbocycles.